The summed E-state index contributed by atoms with van der Waals surface area (Å²) in [6, 6.07) is 5.58. The van der Waals surface area contributed by atoms with Gasteiger partial charge >= 0.3 is 0 Å². The zero-order valence-corrected chi connectivity index (χ0v) is 11.2. The SMILES string of the molecule is CCC(C(N)=O)c1ccc2c(c1)CC(Br)C2=O. The fourth-order valence-corrected chi connectivity index (χ4v) is 2.89. The molecule has 0 aliphatic heterocycles. The molecule has 0 radical (unpaired) electrons. The lowest BCUT2D eigenvalue weighted by atomic mass is 9.93. The molecule has 4 heteroatoms. The van der Waals surface area contributed by atoms with Gasteiger partial charge in [-0.2, -0.15) is 0 Å². The Morgan fingerprint density at radius 1 is 1.59 bits per heavy atom. The van der Waals surface area contributed by atoms with Gasteiger partial charge < -0.3 is 5.73 Å². The van der Waals surface area contributed by atoms with Crippen LogP contribution < -0.4 is 5.73 Å². The average Bonchev–Trinajstić information content (AvgIpc) is 2.55. The molecular formula is C13H14BrNO2. The predicted molar refractivity (Wildman–Crippen MR) is 69.4 cm³/mol. The number of ketones is 1. The van der Waals surface area contributed by atoms with Gasteiger partial charge in [-0.25, -0.2) is 0 Å². The number of Topliss-reactive ketones (excluding diaryl/α,β-unsaturated/α-hetero) is 1. The summed E-state index contributed by atoms with van der Waals surface area (Å²) >= 11 is 3.35. The summed E-state index contributed by atoms with van der Waals surface area (Å²) in [5.74, 6) is -0.449. The van der Waals surface area contributed by atoms with E-state index >= 15 is 0 Å². The van der Waals surface area contributed by atoms with Crippen LogP contribution in [0, 0.1) is 0 Å². The van der Waals surface area contributed by atoms with E-state index in [4.69, 9.17) is 5.73 Å². The minimum absolute atomic E-state index is 0.124. The summed E-state index contributed by atoms with van der Waals surface area (Å²) < 4.78 is 0. The van der Waals surface area contributed by atoms with E-state index in [-0.39, 0.29) is 22.4 Å². The van der Waals surface area contributed by atoms with Crippen LogP contribution in [0.3, 0.4) is 0 Å². The molecular weight excluding hydrogens is 282 g/mol. The van der Waals surface area contributed by atoms with E-state index in [1.165, 1.54) is 0 Å². The van der Waals surface area contributed by atoms with Crippen LogP contribution >= 0.6 is 15.9 Å². The monoisotopic (exact) mass is 295 g/mol. The molecule has 90 valence electrons. The Bertz CT molecular complexity index is 484. The highest BCUT2D eigenvalue weighted by atomic mass is 79.9. The third-order valence-corrected chi connectivity index (χ3v) is 3.97. The van der Waals surface area contributed by atoms with Crippen molar-refractivity contribution in [2.45, 2.75) is 30.5 Å². The molecule has 3 nitrogen and oxygen atoms in total. The number of alkyl halides is 1. The highest BCUT2D eigenvalue weighted by Crippen LogP contribution is 2.30. The molecule has 0 fully saturated rings. The first-order valence-corrected chi connectivity index (χ1v) is 6.56. The van der Waals surface area contributed by atoms with Gasteiger partial charge in [0.25, 0.3) is 0 Å². The van der Waals surface area contributed by atoms with Crippen LogP contribution in [0.4, 0.5) is 0 Å². The molecule has 1 amide bonds. The Balaban J connectivity index is 2.39. The first kappa shape index (κ1) is 12.3. The van der Waals surface area contributed by atoms with Gasteiger partial charge in [0.15, 0.2) is 5.78 Å². The molecule has 2 rings (SSSR count). The van der Waals surface area contributed by atoms with Crippen molar-refractivity contribution in [2.75, 3.05) is 0 Å². The van der Waals surface area contributed by atoms with Gasteiger partial charge in [-0.1, -0.05) is 41.1 Å². The standard InChI is InChI=1S/C13H14BrNO2/c1-2-9(13(15)17)7-3-4-10-8(5-7)6-11(14)12(10)16/h3-5,9,11H,2,6H2,1H3,(H2,15,17). The lowest BCUT2D eigenvalue weighted by molar-refractivity contribution is -0.119. The number of amides is 1. The van der Waals surface area contributed by atoms with E-state index in [2.05, 4.69) is 15.9 Å². The largest absolute Gasteiger partial charge is 0.369 e. The molecule has 0 saturated carbocycles. The van der Waals surface area contributed by atoms with E-state index in [0.717, 1.165) is 16.7 Å². The van der Waals surface area contributed by atoms with Gasteiger partial charge in [0.2, 0.25) is 5.91 Å². The van der Waals surface area contributed by atoms with Crippen molar-refractivity contribution in [2.24, 2.45) is 5.73 Å². The highest BCUT2D eigenvalue weighted by Gasteiger charge is 2.29. The second-order valence-corrected chi connectivity index (χ2v) is 5.42. The fourth-order valence-electron chi connectivity index (χ4n) is 2.30. The Labute approximate surface area is 109 Å². The summed E-state index contributed by atoms with van der Waals surface area (Å²) in [6.45, 7) is 1.93. The van der Waals surface area contributed by atoms with Crippen LogP contribution in [0.2, 0.25) is 0 Å². The maximum Gasteiger partial charge on any atom is 0.224 e. The smallest absolute Gasteiger partial charge is 0.224 e. The third kappa shape index (κ3) is 2.14. The molecule has 2 atom stereocenters. The third-order valence-electron chi connectivity index (χ3n) is 3.23. The van der Waals surface area contributed by atoms with E-state index in [1.54, 1.807) is 6.07 Å². The van der Waals surface area contributed by atoms with Gasteiger partial charge in [0.05, 0.1) is 10.7 Å². The van der Waals surface area contributed by atoms with Crippen LogP contribution in [-0.2, 0) is 11.2 Å². The van der Waals surface area contributed by atoms with Gasteiger partial charge in [-0.15, -0.1) is 0 Å². The minimum Gasteiger partial charge on any atom is -0.369 e. The van der Waals surface area contributed by atoms with Crippen LogP contribution in [-0.4, -0.2) is 16.5 Å². The minimum atomic E-state index is -0.313. The molecule has 0 spiro atoms. The predicted octanol–water partition coefficient (Wildman–Crippen LogP) is 2.17. The number of benzene rings is 1. The van der Waals surface area contributed by atoms with Gasteiger partial charge in [-0.05, 0) is 24.0 Å². The van der Waals surface area contributed by atoms with Gasteiger partial charge in [0, 0.05) is 5.56 Å². The lowest BCUT2D eigenvalue weighted by Gasteiger charge is -2.12. The number of primary amides is 1. The number of hydrogen-bond acceptors (Lipinski definition) is 2. The number of hydrogen-bond donors (Lipinski definition) is 1. The molecule has 0 saturated heterocycles. The summed E-state index contributed by atoms with van der Waals surface area (Å²) in [7, 11) is 0. The Morgan fingerprint density at radius 3 is 2.88 bits per heavy atom. The van der Waals surface area contributed by atoms with Gasteiger partial charge in [0.1, 0.15) is 0 Å². The van der Waals surface area contributed by atoms with E-state index in [0.29, 0.717) is 12.8 Å². The average molecular weight is 296 g/mol. The second kappa shape index (κ2) is 4.61. The summed E-state index contributed by atoms with van der Waals surface area (Å²) in [4.78, 5) is 22.9. The zero-order chi connectivity index (χ0) is 12.6. The molecule has 2 N–H and O–H groups in total. The van der Waals surface area contributed by atoms with Crippen molar-refractivity contribution in [1.82, 2.24) is 0 Å². The van der Waals surface area contributed by atoms with E-state index in [9.17, 15) is 9.59 Å². The van der Waals surface area contributed by atoms with Crippen LogP contribution in [0.1, 0.15) is 40.7 Å². The van der Waals surface area contributed by atoms with Crippen molar-refractivity contribution in [3.8, 4) is 0 Å². The summed E-state index contributed by atoms with van der Waals surface area (Å²) in [5, 5.41) is 0. The molecule has 0 heterocycles. The fraction of sp³-hybridized carbons (Fsp3) is 0.385. The Morgan fingerprint density at radius 2 is 2.29 bits per heavy atom. The summed E-state index contributed by atoms with van der Waals surface area (Å²) in [5.41, 5.74) is 8.04. The first-order valence-electron chi connectivity index (χ1n) is 5.65. The molecule has 1 aliphatic rings. The van der Waals surface area contributed by atoms with Crippen LogP contribution in [0.15, 0.2) is 18.2 Å². The highest BCUT2D eigenvalue weighted by molar-refractivity contribution is 9.10. The number of rotatable bonds is 3. The number of carbonyl (C=O) groups excluding carboxylic acids is 2. The maximum atomic E-state index is 11.7. The Kier molecular flexibility index (Phi) is 3.33. The number of carbonyl (C=O) groups is 2. The maximum absolute atomic E-state index is 11.7. The number of fused-ring (bicyclic) bond motifs is 1. The van der Waals surface area contributed by atoms with Gasteiger partial charge in [-0.3, -0.25) is 9.59 Å². The second-order valence-electron chi connectivity index (χ2n) is 4.32. The quantitative estimate of drug-likeness (QED) is 0.869. The summed E-state index contributed by atoms with van der Waals surface area (Å²) in [6.07, 6.45) is 1.37. The molecule has 1 aromatic carbocycles. The normalized spacial score (nSPS) is 20.1. The molecule has 0 bridgehead atoms. The van der Waals surface area contributed by atoms with Crippen molar-refractivity contribution < 1.29 is 9.59 Å². The van der Waals surface area contributed by atoms with E-state index in [1.807, 2.05) is 19.1 Å². The zero-order valence-electron chi connectivity index (χ0n) is 9.57. The molecule has 2 unspecified atom stereocenters. The molecule has 17 heavy (non-hydrogen) atoms. The van der Waals surface area contributed by atoms with Crippen molar-refractivity contribution in [3.05, 3.63) is 34.9 Å². The first-order chi connectivity index (χ1) is 8.04. The molecule has 0 aromatic heterocycles. The molecule has 1 aromatic rings. The van der Waals surface area contributed by atoms with E-state index < -0.39 is 0 Å². The van der Waals surface area contributed by atoms with Crippen molar-refractivity contribution in [1.29, 1.82) is 0 Å². The van der Waals surface area contributed by atoms with Crippen molar-refractivity contribution in [3.63, 3.8) is 0 Å². The number of nitrogens with two attached hydrogens (primary N) is 1. The van der Waals surface area contributed by atoms with Crippen LogP contribution in [0.5, 0.6) is 0 Å². The van der Waals surface area contributed by atoms with Crippen molar-refractivity contribution >= 4 is 27.6 Å². The van der Waals surface area contributed by atoms with Crippen LogP contribution in [0.25, 0.3) is 0 Å². The lowest BCUT2D eigenvalue weighted by Crippen LogP contribution is -2.20. The topological polar surface area (TPSA) is 60.2 Å². The Hall–Kier alpha value is -1.16. The molecule has 1 aliphatic carbocycles. The number of halogens is 1.